The van der Waals surface area contributed by atoms with Crippen LogP contribution < -0.4 is 5.69 Å². The zero-order chi connectivity index (χ0) is 14.1. The highest BCUT2D eigenvalue weighted by Crippen LogP contribution is 2.33. The third-order valence-corrected chi connectivity index (χ3v) is 4.11. The van der Waals surface area contributed by atoms with Gasteiger partial charge in [0.1, 0.15) is 0 Å². The molecule has 2 heterocycles. The number of rotatable bonds is 2. The van der Waals surface area contributed by atoms with E-state index < -0.39 is 0 Å². The average Bonchev–Trinajstić information content (AvgIpc) is 2.82. The predicted octanol–water partition coefficient (Wildman–Crippen LogP) is 1.63. The van der Waals surface area contributed by atoms with E-state index in [1.165, 1.54) is 7.11 Å². The summed E-state index contributed by atoms with van der Waals surface area (Å²) in [6, 6.07) is 1.99. The average molecular weight is 275 g/mol. The first kappa shape index (κ1) is 12.9. The normalized spacial score (nSPS) is 22.9. The molecule has 2 aromatic heterocycles. The molecule has 0 saturated heterocycles. The fourth-order valence-electron chi connectivity index (χ4n) is 3.08. The van der Waals surface area contributed by atoms with E-state index in [4.69, 9.17) is 4.74 Å². The number of aromatic nitrogens is 3. The van der Waals surface area contributed by atoms with Crippen LogP contribution in [0.5, 0.6) is 0 Å². The van der Waals surface area contributed by atoms with Gasteiger partial charge in [0.25, 0.3) is 0 Å². The lowest BCUT2D eigenvalue weighted by atomic mass is 9.86. The molecule has 0 aromatic carbocycles. The predicted molar refractivity (Wildman–Crippen MR) is 73.4 cm³/mol. The van der Waals surface area contributed by atoms with Crippen LogP contribution >= 0.6 is 0 Å². The number of H-pyrrole nitrogens is 1. The van der Waals surface area contributed by atoms with E-state index in [-0.39, 0.29) is 23.6 Å². The molecule has 0 unspecified atom stereocenters. The summed E-state index contributed by atoms with van der Waals surface area (Å²) in [5.41, 5.74) is 1.54. The Kier molecular flexibility index (Phi) is 3.30. The van der Waals surface area contributed by atoms with Crippen LogP contribution in [-0.2, 0) is 9.53 Å². The van der Waals surface area contributed by atoms with Gasteiger partial charge in [0.2, 0.25) is 0 Å². The van der Waals surface area contributed by atoms with E-state index in [9.17, 15) is 9.59 Å². The molecule has 2 aromatic rings. The summed E-state index contributed by atoms with van der Waals surface area (Å²) in [7, 11) is 1.42. The van der Waals surface area contributed by atoms with Gasteiger partial charge in [0.05, 0.1) is 30.3 Å². The highest BCUT2D eigenvalue weighted by molar-refractivity contribution is 5.74. The molecule has 1 aliphatic rings. The van der Waals surface area contributed by atoms with Crippen LogP contribution in [-0.4, -0.2) is 27.6 Å². The summed E-state index contributed by atoms with van der Waals surface area (Å²) in [6.45, 7) is 0. The van der Waals surface area contributed by atoms with Crippen LogP contribution in [0.1, 0.15) is 31.7 Å². The molecule has 1 saturated carbocycles. The van der Waals surface area contributed by atoms with E-state index in [0.29, 0.717) is 0 Å². The Hall–Kier alpha value is -2.11. The van der Waals surface area contributed by atoms with Crippen LogP contribution in [0.3, 0.4) is 0 Å². The van der Waals surface area contributed by atoms with Gasteiger partial charge in [-0.2, -0.15) is 0 Å². The lowest BCUT2D eigenvalue weighted by molar-refractivity contribution is -0.146. The van der Waals surface area contributed by atoms with Gasteiger partial charge in [0, 0.05) is 12.2 Å². The number of ether oxygens (including phenoxy) is 1. The summed E-state index contributed by atoms with van der Waals surface area (Å²) in [5.74, 6) is -0.169. The lowest BCUT2D eigenvalue weighted by Crippen LogP contribution is -2.29. The lowest BCUT2D eigenvalue weighted by Gasteiger charge is -2.27. The smallest absolute Gasteiger partial charge is 0.326 e. The minimum Gasteiger partial charge on any atom is -0.469 e. The zero-order valence-corrected chi connectivity index (χ0v) is 11.3. The molecule has 0 atom stereocenters. The van der Waals surface area contributed by atoms with Crippen molar-refractivity contribution in [3.8, 4) is 0 Å². The van der Waals surface area contributed by atoms with Gasteiger partial charge in [-0.15, -0.1) is 0 Å². The number of imidazole rings is 1. The molecule has 20 heavy (non-hydrogen) atoms. The Labute approximate surface area is 115 Å². The van der Waals surface area contributed by atoms with Crippen molar-refractivity contribution >= 4 is 17.0 Å². The van der Waals surface area contributed by atoms with Crippen molar-refractivity contribution in [3.05, 3.63) is 28.9 Å². The number of carbonyl (C=O) groups is 1. The van der Waals surface area contributed by atoms with Gasteiger partial charge in [-0.1, -0.05) is 0 Å². The SMILES string of the molecule is COC(=O)[C@H]1CC[C@@H](n2c(=O)[nH]c3cnccc32)CC1. The number of pyridine rings is 1. The van der Waals surface area contributed by atoms with Crippen molar-refractivity contribution in [2.75, 3.05) is 7.11 Å². The zero-order valence-electron chi connectivity index (χ0n) is 11.3. The van der Waals surface area contributed by atoms with Crippen LogP contribution in [0.4, 0.5) is 0 Å². The fourth-order valence-corrected chi connectivity index (χ4v) is 3.08. The molecule has 1 fully saturated rings. The topological polar surface area (TPSA) is 77.0 Å². The first-order valence-electron chi connectivity index (χ1n) is 6.82. The molecule has 6 nitrogen and oxygen atoms in total. The van der Waals surface area contributed by atoms with E-state index in [1.54, 1.807) is 17.0 Å². The summed E-state index contributed by atoms with van der Waals surface area (Å²) in [6.07, 6.45) is 6.51. The Balaban J connectivity index is 1.85. The van der Waals surface area contributed by atoms with Gasteiger partial charge >= 0.3 is 11.7 Å². The number of nitrogens with zero attached hydrogens (tertiary/aromatic N) is 2. The molecule has 0 amide bonds. The number of fused-ring (bicyclic) bond motifs is 1. The third-order valence-electron chi connectivity index (χ3n) is 4.11. The van der Waals surface area contributed by atoms with Gasteiger partial charge in [-0.05, 0) is 31.7 Å². The summed E-state index contributed by atoms with van der Waals surface area (Å²) >= 11 is 0. The van der Waals surface area contributed by atoms with Crippen LogP contribution in [0.2, 0.25) is 0 Å². The number of carbonyl (C=O) groups excluding carboxylic acids is 1. The molecule has 106 valence electrons. The molecule has 0 bridgehead atoms. The molecule has 1 aliphatic carbocycles. The molecular weight excluding hydrogens is 258 g/mol. The van der Waals surface area contributed by atoms with Crippen molar-refractivity contribution in [1.29, 1.82) is 0 Å². The second-order valence-corrected chi connectivity index (χ2v) is 5.22. The van der Waals surface area contributed by atoms with E-state index >= 15 is 0 Å². The molecule has 6 heteroatoms. The first-order valence-corrected chi connectivity index (χ1v) is 6.82. The highest BCUT2D eigenvalue weighted by Gasteiger charge is 2.29. The second kappa shape index (κ2) is 5.11. The maximum absolute atomic E-state index is 12.1. The minimum atomic E-state index is -0.140. The third kappa shape index (κ3) is 2.11. The Bertz CT molecular complexity index is 680. The van der Waals surface area contributed by atoms with Gasteiger partial charge in [-0.3, -0.25) is 14.3 Å². The molecule has 0 radical (unpaired) electrons. The van der Waals surface area contributed by atoms with Crippen LogP contribution in [0.15, 0.2) is 23.3 Å². The molecule has 0 spiro atoms. The van der Waals surface area contributed by atoms with E-state index in [0.717, 1.165) is 36.7 Å². The van der Waals surface area contributed by atoms with Crippen molar-refractivity contribution < 1.29 is 9.53 Å². The van der Waals surface area contributed by atoms with Crippen molar-refractivity contribution in [2.45, 2.75) is 31.7 Å². The molecule has 0 aliphatic heterocycles. The van der Waals surface area contributed by atoms with Crippen molar-refractivity contribution in [3.63, 3.8) is 0 Å². The first-order chi connectivity index (χ1) is 9.70. The quantitative estimate of drug-likeness (QED) is 0.845. The Morgan fingerprint density at radius 2 is 2.15 bits per heavy atom. The largest absolute Gasteiger partial charge is 0.469 e. The monoisotopic (exact) mass is 275 g/mol. The van der Waals surface area contributed by atoms with E-state index in [2.05, 4.69) is 9.97 Å². The van der Waals surface area contributed by atoms with Gasteiger partial charge in [0.15, 0.2) is 0 Å². The Morgan fingerprint density at radius 3 is 2.85 bits per heavy atom. The number of hydrogen-bond acceptors (Lipinski definition) is 4. The van der Waals surface area contributed by atoms with E-state index in [1.807, 2.05) is 6.07 Å². The second-order valence-electron chi connectivity index (χ2n) is 5.22. The van der Waals surface area contributed by atoms with Crippen molar-refractivity contribution in [1.82, 2.24) is 14.5 Å². The van der Waals surface area contributed by atoms with Crippen LogP contribution in [0.25, 0.3) is 11.0 Å². The van der Waals surface area contributed by atoms with Crippen molar-refractivity contribution in [2.24, 2.45) is 5.92 Å². The standard InChI is InChI=1S/C14H17N3O3/c1-20-13(18)9-2-4-10(5-3-9)17-12-6-7-15-8-11(12)16-14(17)19/h6-10H,2-5H2,1H3,(H,16,19)/t9-,10+. The minimum absolute atomic E-state index is 0.0289. The summed E-state index contributed by atoms with van der Waals surface area (Å²) < 4.78 is 6.58. The van der Waals surface area contributed by atoms with Gasteiger partial charge < -0.3 is 9.72 Å². The number of hydrogen-bond donors (Lipinski definition) is 1. The number of aromatic amines is 1. The van der Waals surface area contributed by atoms with Gasteiger partial charge in [-0.25, -0.2) is 4.79 Å². The highest BCUT2D eigenvalue weighted by atomic mass is 16.5. The molecule has 3 rings (SSSR count). The molecular formula is C14H17N3O3. The fraction of sp³-hybridized carbons (Fsp3) is 0.500. The summed E-state index contributed by atoms with van der Waals surface area (Å²) in [5, 5.41) is 0. The number of methoxy groups -OCH3 is 1. The maximum Gasteiger partial charge on any atom is 0.326 e. The molecule has 1 N–H and O–H groups in total. The van der Waals surface area contributed by atoms with Crippen LogP contribution in [0, 0.1) is 5.92 Å². The number of esters is 1. The Morgan fingerprint density at radius 1 is 1.40 bits per heavy atom. The number of nitrogens with one attached hydrogen (secondary N) is 1. The summed E-state index contributed by atoms with van der Waals surface area (Å²) in [4.78, 5) is 30.5. The maximum atomic E-state index is 12.1.